The van der Waals surface area contributed by atoms with E-state index in [1.54, 1.807) is 30.3 Å². The molecule has 0 unspecified atom stereocenters. The summed E-state index contributed by atoms with van der Waals surface area (Å²) < 4.78 is 34.2. The Kier molecular flexibility index (Phi) is 16.8. The first-order valence-electron chi connectivity index (χ1n) is 15.1. The van der Waals surface area contributed by atoms with Gasteiger partial charge < -0.3 is 10.1 Å². The maximum atomic E-state index is 12.9. The SMILES string of the molecule is CCCCCCCCCCCCCCCCCCOc1ccc(S(=O)(=O)Nc2ccccc2Cl)cc1NC(C)=O. The summed E-state index contributed by atoms with van der Waals surface area (Å²) >= 11 is 6.10. The molecule has 6 nitrogen and oxygen atoms in total. The lowest BCUT2D eigenvalue weighted by atomic mass is 10.0. The van der Waals surface area contributed by atoms with E-state index in [-0.39, 0.29) is 16.5 Å². The van der Waals surface area contributed by atoms with Gasteiger partial charge in [0, 0.05) is 6.92 Å². The second kappa shape index (κ2) is 19.8. The first kappa shape index (κ1) is 34.0. The predicted molar refractivity (Wildman–Crippen MR) is 168 cm³/mol. The molecular weight excluding hydrogens is 544 g/mol. The van der Waals surface area contributed by atoms with Gasteiger partial charge in [0.2, 0.25) is 5.91 Å². The smallest absolute Gasteiger partial charge is 0.262 e. The summed E-state index contributed by atoms with van der Waals surface area (Å²) in [5.74, 6) is 0.147. The van der Waals surface area contributed by atoms with E-state index in [4.69, 9.17) is 16.3 Å². The topological polar surface area (TPSA) is 84.5 Å². The average molecular weight is 593 g/mol. The molecule has 0 bridgehead atoms. The van der Waals surface area contributed by atoms with Gasteiger partial charge in [0.15, 0.2) is 0 Å². The lowest BCUT2D eigenvalue weighted by molar-refractivity contribution is -0.114. The second-order valence-corrected chi connectivity index (χ2v) is 12.7. The maximum Gasteiger partial charge on any atom is 0.262 e. The molecule has 0 radical (unpaired) electrons. The van der Waals surface area contributed by atoms with Gasteiger partial charge >= 0.3 is 0 Å². The third kappa shape index (κ3) is 13.9. The number of carbonyl (C=O) groups excluding carboxylic acids is 1. The zero-order valence-electron chi connectivity index (χ0n) is 24.5. The molecule has 0 heterocycles. The van der Waals surface area contributed by atoms with Crippen LogP contribution in [0.1, 0.15) is 117 Å². The number of hydrogen-bond acceptors (Lipinski definition) is 4. The van der Waals surface area contributed by atoms with Crippen molar-refractivity contribution in [3.63, 3.8) is 0 Å². The van der Waals surface area contributed by atoms with E-state index in [0.29, 0.717) is 23.1 Å². The standard InChI is InChI=1S/C32H49ClN2O4S/c1-3-4-5-6-7-8-9-10-11-12-13-14-15-16-17-20-25-39-32-24-23-28(26-31(32)34-27(2)36)40(37,38)35-30-22-19-18-21-29(30)33/h18-19,21-24,26,35H,3-17,20,25H2,1-2H3,(H,34,36). The highest BCUT2D eigenvalue weighted by Gasteiger charge is 2.18. The van der Waals surface area contributed by atoms with Crippen LogP contribution in [0.15, 0.2) is 47.4 Å². The molecular formula is C32H49ClN2O4S. The molecule has 0 fully saturated rings. The molecule has 2 rings (SSSR count). The van der Waals surface area contributed by atoms with Crippen molar-refractivity contribution in [3.8, 4) is 5.75 Å². The van der Waals surface area contributed by atoms with Crippen LogP contribution >= 0.6 is 11.6 Å². The van der Waals surface area contributed by atoms with Crippen LogP contribution in [-0.4, -0.2) is 20.9 Å². The van der Waals surface area contributed by atoms with Crippen molar-refractivity contribution in [1.82, 2.24) is 0 Å². The van der Waals surface area contributed by atoms with Gasteiger partial charge in [-0.05, 0) is 36.8 Å². The normalized spacial score (nSPS) is 11.4. The largest absolute Gasteiger partial charge is 0.491 e. The van der Waals surface area contributed by atoms with Crippen LogP contribution in [-0.2, 0) is 14.8 Å². The zero-order valence-corrected chi connectivity index (χ0v) is 26.1. The molecule has 0 aliphatic heterocycles. The highest BCUT2D eigenvalue weighted by Crippen LogP contribution is 2.30. The summed E-state index contributed by atoms with van der Waals surface area (Å²) in [6.07, 6.45) is 20.9. The number of nitrogens with one attached hydrogen (secondary N) is 2. The number of benzene rings is 2. The Balaban J connectivity index is 1.65. The minimum atomic E-state index is -3.90. The summed E-state index contributed by atoms with van der Waals surface area (Å²) in [7, 11) is -3.90. The minimum absolute atomic E-state index is 0.00549. The highest BCUT2D eigenvalue weighted by molar-refractivity contribution is 7.92. The molecule has 2 aromatic rings. The van der Waals surface area contributed by atoms with Crippen molar-refractivity contribution in [2.24, 2.45) is 0 Å². The summed E-state index contributed by atoms with van der Waals surface area (Å²) in [6, 6.07) is 11.1. The molecule has 0 aliphatic carbocycles. The first-order chi connectivity index (χ1) is 19.3. The summed E-state index contributed by atoms with van der Waals surface area (Å²) in [5.41, 5.74) is 0.611. The van der Waals surface area contributed by atoms with Gasteiger partial charge in [-0.3, -0.25) is 9.52 Å². The third-order valence-electron chi connectivity index (χ3n) is 6.95. The molecule has 1 amide bonds. The molecule has 0 saturated heterocycles. The van der Waals surface area contributed by atoms with E-state index in [9.17, 15) is 13.2 Å². The van der Waals surface area contributed by atoms with E-state index < -0.39 is 10.0 Å². The van der Waals surface area contributed by atoms with Gasteiger partial charge in [0.25, 0.3) is 10.0 Å². The van der Waals surface area contributed by atoms with Gasteiger partial charge in [-0.1, -0.05) is 127 Å². The molecule has 0 spiro atoms. The molecule has 0 aliphatic rings. The molecule has 224 valence electrons. The number of sulfonamides is 1. The van der Waals surface area contributed by atoms with E-state index in [1.165, 1.54) is 109 Å². The van der Waals surface area contributed by atoms with Crippen molar-refractivity contribution >= 4 is 38.9 Å². The van der Waals surface area contributed by atoms with Gasteiger partial charge in [0.05, 0.1) is 27.9 Å². The van der Waals surface area contributed by atoms with Crippen molar-refractivity contribution < 1.29 is 17.9 Å². The Labute approximate surface area is 247 Å². The predicted octanol–water partition coefficient (Wildman–Crippen LogP) is 9.74. The number of rotatable bonds is 22. The van der Waals surface area contributed by atoms with E-state index in [2.05, 4.69) is 17.0 Å². The third-order valence-corrected chi connectivity index (χ3v) is 8.64. The number of amides is 1. The van der Waals surface area contributed by atoms with Crippen LogP contribution < -0.4 is 14.8 Å². The van der Waals surface area contributed by atoms with Gasteiger partial charge in [-0.15, -0.1) is 0 Å². The Hall–Kier alpha value is -2.25. The van der Waals surface area contributed by atoms with Crippen LogP contribution in [0.5, 0.6) is 5.75 Å². The number of hydrogen-bond donors (Lipinski definition) is 2. The average Bonchev–Trinajstić information content (AvgIpc) is 2.92. The Morgan fingerprint density at radius 1 is 0.750 bits per heavy atom. The Morgan fingerprint density at radius 3 is 1.80 bits per heavy atom. The van der Waals surface area contributed by atoms with E-state index in [1.807, 2.05) is 0 Å². The fraction of sp³-hybridized carbons (Fsp3) is 0.594. The van der Waals surface area contributed by atoms with E-state index in [0.717, 1.165) is 12.8 Å². The number of anilines is 2. The van der Waals surface area contributed by atoms with Crippen LogP contribution in [0.3, 0.4) is 0 Å². The van der Waals surface area contributed by atoms with Crippen LogP contribution in [0.2, 0.25) is 5.02 Å². The lowest BCUT2D eigenvalue weighted by Gasteiger charge is -2.15. The van der Waals surface area contributed by atoms with Crippen LogP contribution in [0.25, 0.3) is 0 Å². The van der Waals surface area contributed by atoms with Gasteiger partial charge in [-0.25, -0.2) is 8.42 Å². The van der Waals surface area contributed by atoms with Gasteiger partial charge in [-0.2, -0.15) is 0 Å². The lowest BCUT2D eigenvalue weighted by Crippen LogP contribution is -2.15. The van der Waals surface area contributed by atoms with Crippen molar-refractivity contribution in [1.29, 1.82) is 0 Å². The number of para-hydroxylation sites is 1. The number of ether oxygens (including phenoxy) is 1. The minimum Gasteiger partial charge on any atom is -0.491 e. The van der Waals surface area contributed by atoms with Crippen LogP contribution in [0.4, 0.5) is 11.4 Å². The molecule has 40 heavy (non-hydrogen) atoms. The quantitative estimate of drug-likeness (QED) is 0.133. The summed E-state index contributed by atoms with van der Waals surface area (Å²) in [5, 5.41) is 2.98. The van der Waals surface area contributed by atoms with E-state index >= 15 is 0 Å². The van der Waals surface area contributed by atoms with Crippen molar-refractivity contribution in [3.05, 3.63) is 47.5 Å². The maximum absolute atomic E-state index is 12.9. The second-order valence-electron chi connectivity index (χ2n) is 10.6. The fourth-order valence-electron chi connectivity index (χ4n) is 4.67. The Bertz CT molecular complexity index is 1110. The van der Waals surface area contributed by atoms with Gasteiger partial charge in [0.1, 0.15) is 5.75 Å². The molecule has 0 saturated carbocycles. The molecule has 2 aromatic carbocycles. The molecule has 8 heteroatoms. The monoisotopic (exact) mass is 592 g/mol. The highest BCUT2D eigenvalue weighted by atomic mass is 35.5. The number of halogens is 1. The molecule has 0 atom stereocenters. The fourth-order valence-corrected chi connectivity index (χ4v) is 6.01. The number of carbonyl (C=O) groups is 1. The summed E-state index contributed by atoms with van der Waals surface area (Å²) in [6.45, 7) is 4.15. The Morgan fingerprint density at radius 2 is 1.27 bits per heavy atom. The van der Waals surface area contributed by atoms with Crippen LogP contribution in [0, 0.1) is 0 Å². The number of unbranched alkanes of at least 4 members (excludes halogenated alkanes) is 15. The first-order valence-corrected chi connectivity index (χ1v) is 17.0. The molecule has 2 N–H and O–H groups in total. The van der Waals surface area contributed by atoms with Crippen molar-refractivity contribution in [2.75, 3.05) is 16.6 Å². The summed E-state index contributed by atoms with van der Waals surface area (Å²) in [4.78, 5) is 11.8. The van der Waals surface area contributed by atoms with Crippen molar-refractivity contribution in [2.45, 2.75) is 121 Å². The molecule has 0 aromatic heterocycles. The zero-order chi connectivity index (χ0) is 29.1.